The number of carbonyl (C=O) groups excluding carboxylic acids is 1. The summed E-state index contributed by atoms with van der Waals surface area (Å²) in [7, 11) is 0. The van der Waals surface area contributed by atoms with Gasteiger partial charge in [0.25, 0.3) is 0 Å². The predicted octanol–water partition coefficient (Wildman–Crippen LogP) is 3.55. The molecule has 3 nitrogen and oxygen atoms in total. The van der Waals surface area contributed by atoms with Crippen LogP contribution in [-0.2, 0) is 4.79 Å². The van der Waals surface area contributed by atoms with Crippen LogP contribution in [0.5, 0.6) is 0 Å². The molecule has 23 heavy (non-hydrogen) atoms. The number of thioether (sulfide) groups is 1. The largest absolute Gasteiger partial charge is 0.386 e. The Bertz CT molecular complexity index is 656. The highest BCUT2D eigenvalue weighted by molar-refractivity contribution is 8.01. The third kappa shape index (κ3) is 3.77. The molecule has 2 atom stereocenters. The van der Waals surface area contributed by atoms with Crippen LogP contribution in [0.25, 0.3) is 0 Å². The SMILES string of the molecule is C[C@H](NC(=O)C1(Sc2ccccc2)CC1)[C@@H](O)c1ccccc1. The van der Waals surface area contributed by atoms with Crippen LogP contribution >= 0.6 is 11.8 Å². The molecule has 0 bridgehead atoms. The predicted molar refractivity (Wildman–Crippen MR) is 93.3 cm³/mol. The summed E-state index contributed by atoms with van der Waals surface area (Å²) in [6.07, 6.45) is 1.07. The molecule has 1 amide bonds. The van der Waals surface area contributed by atoms with Crippen molar-refractivity contribution in [2.24, 2.45) is 0 Å². The van der Waals surface area contributed by atoms with Gasteiger partial charge in [0.15, 0.2) is 0 Å². The molecule has 2 aromatic carbocycles. The normalized spacial score (nSPS) is 18.0. The van der Waals surface area contributed by atoms with Gasteiger partial charge in [-0.1, -0.05) is 48.5 Å². The monoisotopic (exact) mass is 327 g/mol. The van der Waals surface area contributed by atoms with Gasteiger partial charge in [0, 0.05) is 4.90 Å². The van der Waals surface area contributed by atoms with Gasteiger partial charge in [0.05, 0.1) is 16.9 Å². The zero-order valence-corrected chi connectivity index (χ0v) is 13.9. The first-order chi connectivity index (χ1) is 11.1. The Morgan fingerprint density at radius 3 is 2.22 bits per heavy atom. The zero-order chi connectivity index (χ0) is 16.3. The number of nitrogens with one attached hydrogen (secondary N) is 1. The van der Waals surface area contributed by atoms with Gasteiger partial charge in [-0.2, -0.15) is 0 Å². The van der Waals surface area contributed by atoms with E-state index in [1.54, 1.807) is 11.8 Å². The molecule has 0 unspecified atom stereocenters. The summed E-state index contributed by atoms with van der Waals surface area (Å²) >= 11 is 1.62. The summed E-state index contributed by atoms with van der Waals surface area (Å²) in [5.41, 5.74) is 0.820. The summed E-state index contributed by atoms with van der Waals surface area (Å²) in [5, 5.41) is 13.4. The molecule has 0 heterocycles. The topological polar surface area (TPSA) is 49.3 Å². The average Bonchev–Trinajstić information content (AvgIpc) is 3.36. The number of aliphatic hydroxyl groups is 1. The molecule has 3 rings (SSSR count). The van der Waals surface area contributed by atoms with E-state index >= 15 is 0 Å². The van der Waals surface area contributed by atoms with Crippen LogP contribution in [0.3, 0.4) is 0 Å². The summed E-state index contributed by atoms with van der Waals surface area (Å²) in [5.74, 6) is 0.0221. The first-order valence-electron chi connectivity index (χ1n) is 7.89. The van der Waals surface area contributed by atoms with Gasteiger partial charge in [-0.05, 0) is 37.5 Å². The van der Waals surface area contributed by atoms with E-state index in [0.717, 1.165) is 23.3 Å². The third-order valence-corrected chi connectivity index (χ3v) is 5.64. The molecular formula is C19H21NO2S. The van der Waals surface area contributed by atoms with E-state index in [1.165, 1.54) is 0 Å². The Balaban J connectivity index is 1.62. The minimum absolute atomic E-state index is 0.0221. The van der Waals surface area contributed by atoms with Gasteiger partial charge in [-0.3, -0.25) is 4.79 Å². The van der Waals surface area contributed by atoms with Crippen molar-refractivity contribution < 1.29 is 9.90 Å². The van der Waals surface area contributed by atoms with E-state index in [-0.39, 0.29) is 16.7 Å². The number of hydrogen-bond acceptors (Lipinski definition) is 3. The number of rotatable bonds is 6. The maximum Gasteiger partial charge on any atom is 0.236 e. The van der Waals surface area contributed by atoms with Crippen LogP contribution in [0.15, 0.2) is 65.6 Å². The van der Waals surface area contributed by atoms with E-state index < -0.39 is 6.10 Å². The molecular weight excluding hydrogens is 306 g/mol. The third-order valence-electron chi connectivity index (χ3n) is 4.15. The molecule has 1 saturated carbocycles. The fourth-order valence-electron chi connectivity index (χ4n) is 2.56. The van der Waals surface area contributed by atoms with Crippen molar-refractivity contribution in [3.8, 4) is 0 Å². The van der Waals surface area contributed by atoms with Crippen molar-refractivity contribution in [2.45, 2.75) is 41.6 Å². The Morgan fingerprint density at radius 1 is 1.09 bits per heavy atom. The summed E-state index contributed by atoms with van der Waals surface area (Å²) in [6.45, 7) is 1.85. The quantitative estimate of drug-likeness (QED) is 0.853. The second kappa shape index (κ2) is 6.77. The van der Waals surface area contributed by atoms with Gasteiger partial charge >= 0.3 is 0 Å². The minimum Gasteiger partial charge on any atom is -0.386 e. The maximum absolute atomic E-state index is 12.6. The second-order valence-electron chi connectivity index (χ2n) is 6.03. The first-order valence-corrected chi connectivity index (χ1v) is 8.70. The van der Waals surface area contributed by atoms with Crippen molar-refractivity contribution in [3.63, 3.8) is 0 Å². The molecule has 120 valence electrons. The standard InChI is InChI=1S/C19H21NO2S/c1-14(17(21)15-8-4-2-5-9-15)20-18(22)19(12-13-19)23-16-10-6-3-7-11-16/h2-11,14,17,21H,12-13H2,1H3,(H,20,22)/t14-,17+/m0/s1. The van der Waals surface area contributed by atoms with E-state index in [1.807, 2.05) is 67.6 Å². The molecule has 2 N–H and O–H groups in total. The van der Waals surface area contributed by atoms with Crippen molar-refractivity contribution in [2.75, 3.05) is 0 Å². The summed E-state index contributed by atoms with van der Waals surface area (Å²) in [4.78, 5) is 13.7. The number of benzene rings is 2. The summed E-state index contributed by atoms with van der Waals surface area (Å²) in [6, 6.07) is 19.1. The molecule has 0 aromatic heterocycles. The maximum atomic E-state index is 12.6. The molecule has 0 aliphatic heterocycles. The van der Waals surface area contributed by atoms with Gasteiger partial charge in [0.1, 0.15) is 0 Å². The fourth-order valence-corrected chi connectivity index (χ4v) is 3.76. The summed E-state index contributed by atoms with van der Waals surface area (Å²) < 4.78 is -0.369. The molecule has 4 heteroatoms. The lowest BCUT2D eigenvalue weighted by molar-refractivity contribution is -0.122. The van der Waals surface area contributed by atoms with Crippen LogP contribution in [0, 0.1) is 0 Å². The lowest BCUT2D eigenvalue weighted by Gasteiger charge is -2.23. The molecule has 0 saturated heterocycles. The lowest BCUT2D eigenvalue weighted by atomic mass is 10.0. The highest BCUT2D eigenvalue weighted by Gasteiger charge is 2.51. The Hall–Kier alpha value is -1.78. The smallest absolute Gasteiger partial charge is 0.236 e. The minimum atomic E-state index is -0.697. The average molecular weight is 327 g/mol. The van der Waals surface area contributed by atoms with Crippen LogP contribution in [0.1, 0.15) is 31.4 Å². The lowest BCUT2D eigenvalue weighted by Crippen LogP contribution is -2.42. The Kier molecular flexibility index (Phi) is 4.74. The van der Waals surface area contributed by atoms with Crippen molar-refractivity contribution in [3.05, 3.63) is 66.2 Å². The van der Waals surface area contributed by atoms with Gasteiger partial charge < -0.3 is 10.4 Å². The van der Waals surface area contributed by atoms with Gasteiger partial charge in [-0.25, -0.2) is 0 Å². The number of aliphatic hydroxyl groups excluding tert-OH is 1. The van der Waals surface area contributed by atoms with Crippen LogP contribution in [0.4, 0.5) is 0 Å². The highest BCUT2D eigenvalue weighted by Crippen LogP contribution is 2.52. The second-order valence-corrected chi connectivity index (χ2v) is 7.48. The molecule has 0 spiro atoms. The fraction of sp³-hybridized carbons (Fsp3) is 0.316. The van der Waals surface area contributed by atoms with Crippen LogP contribution in [0.2, 0.25) is 0 Å². The van der Waals surface area contributed by atoms with E-state index in [0.29, 0.717) is 0 Å². The molecule has 2 aromatic rings. The van der Waals surface area contributed by atoms with Crippen LogP contribution in [-0.4, -0.2) is 21.8 Å². The molecule has 0 radical (unpaired) electrons. The first kappa shape index (κ1) is 16.1. The highest BCUT2D eigenvalue weighted by atomic mass is 32.2. The molecule has 1 aliphatic rings. The number of hydrogen-bond donors (Lipinski definition) is 2. The van der Waals surface area contributed by atoms with E-state index in [2.05, 4.69) is 5.32 Å². The van der Waals surface area contributed by atoms with E-state index in [4.69, 9.17) is 0 Å². The van der Waals surface area contributed by atoms with Gasteiger partial charge in [0.2, 0.25) is 5.91 Å². The van der Waals surface area contributed by atoms with Gasteiger partial charge in [-0.15, -0.1) is 11.8 Å². The van der Waals surface area contributed by atoms with E-state index in [9.17, 15) is 9.90 Å². The Labute approximate surface area is 141 Å². The number of amides is 1. The zero-order valence-electron chi connectivity index (χ0n) is 13.1. The van der Waals surface area contributed by atoms with Crippen LogP contribution < -0.4 is 5.32 Å². The number of carbonyl (C=O) groups is 1. The van der Waals surface area contributed by atoms with Crippen molar-refractivity contribution in [1.29, 1.82) is 0 Å². The Morgan fingerprint density at radius 2 is 1.65 bits per heavy atom. The molecule has 1 aliphatic carbocycles. The molecule has 1 fully saturated rings. The van der Waals surface area contributed by atoms with Crippen molar-refractivity contribution in [1.82, 2.24) is 5.32 Å². The van der Waals surface area contributed by atoms with Crippen molar-refractivity contribution >= 4 is 17.7 Å².